The Hall–Kier alpha value is -4.22. The molecule has 6 rings (SSSR count). The molecule has 15 heteroatoms. The van der Waals surface area contributed by atoms with E-state index in [1.54, 1.807) is 26.0 Å². The first-order valence-corrected chi connectivity index (χ1v) is 16.7. The van der Waals surface area contributed by atoms with Crippen molar-refractivity contribution in [3.05, 3.63) is 94.6 Å². The maximum Gasteiger partial charge on any atom is 0.271 e. The van der Waals surface area contributed by atoms with Crippen LogP contribution in [0.5, 0.6) is 0 Å². The fraction of sp³-hybridized carbons (Fsp3) is 0.486. The van der Waals surface area contributed by atoms with Gasteiger partial charge in [-0.05, 0) is 102 Å². The molecule has 7 atom stereocenters. The number of aliphatic hydroxyl groups is 5. The van der Waals surface area contributed by atoms with Crippen LogP contribution in [-0.2, 0) is 22.7 Å². The maximum atomic E-state index is 11.8. The number of aryl methyl sites for hydroxylation is 2. The van der Waals surface area contributed by atoms with Gasteiger partial charge in [0.1, 0.15) is 54.2 Å². The van der Waals surface area contributed by atoms with Crippen LogP contribution in [0.2, 0.25) is 0 Å². The summed E-state index contributed by atoms with van der Waals surface area (Å²) in [6.07, 6.45) is 0.332. The molecule has 2 saturated heterocycles. The molecule has 2 aliphatic heterocycles. The van der Waals surface area contributed by atoms with Crippen molar-refractivity contribution in [1.29, 1.82) is 0 Å². The molecule has 0 aliphatic carbocycles. The zero-order valence-corrected chi connectivity index (χ0v) is 29.7. The summed E-state index contributed by atoms with van der Waals surface area (Å²) in [5.41, 5.74) is 0. The van der Waals surface area contributed by atoms with Crippen molar-refractivity contribution in [2.45, 2.75) is 109 Å². The fourth-order valence-corrected chi connectivity index (χ4v) is 5.43. The normalized spacial score (nSPS) is 21.1. The molecule has 0 radical (unpaired) electrons. The summed E-state index contributed by atoms with van der Waals surface area (Å²) in [7, 11) is 0.500. The maximum absolute atomic E-state index is 11.8. The molecule has 4 aromatic rings. The van der Waals surface area contributed by atoms with Crippen molar-refractivity contribution >= 4 is 17.3 Å². The fourth-order valence-electron chi connectivity index (χ4n) is 5.43. The molecule has 6 heterocycles. The van der Waals surface area contributed by atoms with Crippen LogP contribution in [0.25, 0.3) is 0 Å². The van der Waals surface area contributed by atoms with E-state index in [1.165, 1.54) is 36.4 Å². The molecule has 0 saturated carbocycles. The third-order valence-electron chi connectivity index (χ3n) is 8.19. The van der Waals surface area contributed by atoms with Gasteiger partial charge in [0, 0.05) is 1.43 Å². The Kier molecular flexibility index (Phi) is 16.3. The molecule has 0 bridgehead atoms. The molecule has 0 amide bonds. The number of ether oxygens (including phenoxy) is 2. The molecule has 288 valence electrons. The van der Waals surface area contributed by atoms with Gasteiger partial charge < -0.3 is 52.7 Å². The number of furan rings is 4. The van der Waals surface area contributed by atoms with Crippen molar-refractivity contribution in [2.24, 2.45) is 0 Å². The molecule has 7 unspecified atom stereocenters. The highest BCUT2D eigenvalue weighted by Crippen LogP contribution is 2.29. The average molecular weight is 738 g/mol. The van der Waals surface area contributed by atoms with Crippen LogP contribution in [0.1, 0.15) is 108 Å². The minimum absolute atomic E-state index is 0. The first-order chi connectivity index (χ1) is 24.8. The van der Waals surface area contributed by atoms with Crippen LogP contribution >= 0.6 is 0 Å². The summed E-state index contributed by atoms with van der Waals surface area (Å²) in [6.45, 7) is 6.77. The summed E-state index contributed by atoms with van der Waals surface area (Å²) >= 11 is 0. The lowest BCUT2D eigenvalue weighted by atomic mass is 9.99. The highest BCUT2D eigenvalue weighted by molar-refractivity contribution is 6.47. The molecular formula is C37H49FO14. The molecule has 5 N–H and O–H groups in total. The van der Waals surface area contributed by atoms with Gasteiger partial charge in [0.2, 0.25) is 5.78 Å². The predicted octanol–water partition coefficient (Wildman–Crippen LogP) is 5.00. The van der Waals surface area contributed by atoms with E-state index >= 15 is 0 Å². The molecule has 52 heavy (non-hydrogen) atoms. The Balaban J connectivity index is 0.000000267. The van der Waals surface area contributed by atoms with Crippen LogP contribution < -0.4 is 0 Å². The Bertz CT molecular complexity index is 1630. The minimum atomic E-state index is -1.50. The van der Waals surface area contributed by atoms with Crippen LogP contribution in [0.15, 0.2) is 66.2 Å². The Morgan fingerprint density at radius 3 is 1.42 bits per heavy atom. The zero-order chi connectivity index (χ0) is 38.5. The molecular weight excluding hydrogens is 687 g/mol. The van der Waals surface area contributed by atoms with Gasteiger partial charge in [0.25, 0.3) is 11.6 Å². The van der Waals surface area contributed by atoms with Gasteiger partial charge >= 0.3 is 0 Å². The number of Topliss-reactive ketones (excluding diaryl/α,β-unsaturated/α-hetero) is 3. The SMILES string of the molecule is CC1CCC(C(O)C(O)C2CCC(C)O2)O1.CF.Cc1ccc(C(=O)C(=O)c2ccc(C)o2)o1.O=C(c1ccc(CO)o1)C(O)c1ccc(CO)o1.[2HH]. The Morgan fingerprint density at radius 2 is 1.08 bits per heavy atom. The average Bonchev–Trinajstić information content (AvgIpc) is 4.01. The summed E-state index contributed by atoms with van der Waals surface area (Å²) in [6, 6.07) is 11.9. The topological polar surface area (TPSA) is 223 Å². The lowest BCUT2D eigenvalue weighted by molar-refractivity contribution is -0.127. The largest absolute Gasteiger partial charge is 0.460 e. The quantitative estimate of drug-likeness (QED) is 0.101. The highest BCUT2D eigenvalue weighted by Gasteiger charge is 2.39. The number of halogens is 1. The van der Waals surface area contributed by atoms with Crippen molar-refractivity contribution < 1.29 is 72.9 Å². The number of carbonyl (C=O) groups excluding carboxylic acids is 3. The third kappa shape index (κ3) is 11.4. The van der Waals surface area contributed by atoms with E-state index in [2.05, 4.69) is 0 Å². The monoisotopic (exact) mass is 737 g/mol. The molecule has 2 fully saturated rings. The van der Waals surface area contributed by atoms with Gasteiger partial charge in [-0.25, -0.2) is 0 Å². The Morgan fingerprint density at radius 1 is 0.654 bits per heavy atom. The molecule has 4 aromatic heterocycles. The van der Waals surface area contributed by atoms with Crippen LogP contribution in [0.4, 0.5) is 4.39 Å². The lowest BCUT2D eigenvalue weighted by Crippen LogP contribution is -2.44. The van der Waals surface area contributed by atoms with Gasteiger partial charge in [0.05, 0.1) is 31.6 Å². The van der Waals surface area contributed by atoms with Crippen molar-refractivity contribution in [3.8, 4) is 0 Å². The molecule has 0 aromatic carbocycles. The number of alkyl halides is 1. The van der Waals surface area contributed by atoms with Crippen LogP contribution in [0, 0.1) is 13.8 Å². The van der Waals surface area contributed by atoms with Crippen molar-refractivity contribution in [3.63, 3.8) is 0 Å². The van der Waals surface area contributed by atoms with E-state index < -0.39 is 35.7 Å². The number of rotatable bonds is 11. The smallest absolute Gasteiger partial charge is 0.271 e. The second-order valence-electron chi connectivity index (χ2n) is 12.2. The molecule has 2 aliphatic rings. The molecule has 14 nitrogen and oxygen atoms in total. The minimum Gasteiger partial charge on any atom is -0.460 e. The van der Waals surface area contributed by atoms with E-state index in [0.717, 1.165) is 25.7 Å². The van der Waals surface area contributed by atoms with E-state index in [-0.39, 0.29) is 73.6 Å². The summed E-state index contributed by atoms with van der Waals surface area (Å²) in [5, 5.41) is 47.5. The number of hydrogen-bond acceptors (Lipinski definition) is 14. The second kappa shape index (κ2) is 20.1. The van der Waals surface area contributed by atoms with Crippen molar-refractivity contribution in [2.75, 3.05) is 7.18 Å². The third-order valence-corrected chi connectivity index (χ3v) is 8.19. The van der Waals surface area contributed by atoms with Gasteiger partial charge in [-0.15, -0.1) is 0 Å². The zero-order valence-electron chi connectivity index (χ0n) is 29.7. The van der Waals surface area contributed by atoms with Crippen molar-refractivity contribution in [1.82, 2.24) is 0 Å². The van der Waals surface area contributed by atoms with Crippen LogP contribution in [0.3, 0.4) is 0 Å². The van der Waals surface area contributed by atoms with Gasteiger partial charge in [-0.2, -0.15) is 0 Å². The Labute approximate surface area is 301 Å². The molecule has 0 spiro atoms. The summed E-state index contributed by atoms with van der Waals surface area (Å²) in [4.78, 5) is 35.2. The first-order valence-electron chi connectivity index (χ1n) is 16.7. The van der Waals surface area contributed by atoms with Gasteiger partial charge in [-0.3, -0.25) is 18.8 Å². The number of aliphatic hydroxyl groups excluding tert-OH is 5. The summed E-state index contributed by atoms with van der Waals surface area (Å²) in [5.74, 6) is -0.335. The standard InChI is InChI=1S/C12H12O6.C12H22O4.C12H10O4.CH3F.H2/c13-5-7-1-3-9(17-7)11(15)12(16)10-4-2-8(6-14)18-10;2*1-7-3-5-9(15-7)11(13)12(14)10-6-4-8(2)16-10;1-2;/h1-4,11,13-15H,5-6H2;7-14H,3-6H2,1-2H3;3-6H,1-2H3;1H3;1H/i;;;;1+1. The summed E-state index contributed by atoms with van der Waals surface area (Å²) < 4.78 is 40.9. The number of hydrogen-bond donors (Lipinski definition) is 5. The first kappa shape index (κ1) is 42.2. The van der Waals surface area contributed by atoms with E-state index in [9.17, 15) is 34.1 Å². The second-order valence-corrected chi connectivity index (χ2v) is 12.2. The lowest BCUT2D eigenvalue weighted by Gasteiger charge is -2.27. The van der Waals surface area contributed by atoms with Gasteiger partial charge in [-0.1, -0.05) is 0 Å². The van der Waals surface area contributed by atoms with E-state index in [1.807, 2.05) is 13.8 Å². The highest BCUT2D eigenvalue weighted by atomic mass is 19.1. The van der Waals surface area contributed by atoms with E-state index in [4.69, 9.17) is 37.4 Å². The number of carbonyl (C=O) groups is 3. The van der Waals surface area contributed by atoms with E-state index in [0.29, 0.717) is 18.7 Å². The number of ketones is 3. The van der Waals surface area contributed by atoms with Crippen LogP contribution in [-0.4, -0.2) is 86.7 Å². The van der Waals surface area contributed by atoms with Gasteiger partial charge in [0.15, 0.2) is 23.4 Å². The predicted molar refractivity (Wildman–Crippen MR) is 182 cm³/mol.